The first-order valence-electron chi connectivity index (χ1n) is 6.98. The topological polar surface area (TPSA) is 32.3 Å². The van der Waals surface area contributed by atoms with Crippen molar-refractivity contribution in [3.63, 3.8) is 0 Å². The van der Waals surface area contributed by atoms with E-state index in [1.54, 1.807) is 6.08 Å². The van der Waals surface area contributed by atoms with Crippen LogP contribution in [0, 0.1) is 11.8 Å². The summed E-state index contributed by atoms with van der Waals surface area (Å²) in [5.74, 6) is 1.28. The van der Waals surface area contributed by atoms with Crippen molar-refractivity contribution >= 4 is 5.91 Å². The van der Waals surface area contributed by atoms with Crippen molar-refractivity contribution in [3.8, 4) is 0 Å². The van der Waals surface area contributed by atoms with Crippen LogP contribution in [-0.2, 0) is 4.79 Å². The van der Waals surface area contributed by atoms with Gasteiger partial charge in [0.15, 0.2) is 0 Å². The Kier molecular flexibility index (Phi) is 6.57. The highest BCUT2D eigenvalue weighted by Crippen LogP contribution is 2.21. The van der Waals surface area contributed by atoms with E-state index in [9.17, 15) is 4.79 Å². The molecule has 0 aromatic heterocycles. The van der Waals surface area contributed by atoms with E-state index >= 15 is 0 Å². The van der Waals surface area contributed by atoms with Crippen LogP contribution in [0.15, 0.2) is 36.1 Å². The molecule has 0 aliphatic heterocycles. The summed E-state index contributed by atoms with van der Waals surface area (Å²) >= 11 is 0. The molecule has 3 heteroatoms. The first kappa shape index (κ1) is 15.7. The van der Waals surface area contributed by atoms with Gasteiger partial charge in [-0.3, -0.25) is 4.79 Å². The number of likely N-dealkylation sites (N-methyl/N-ethyl adjacent to an activating group) is 1. The van der Waals surface area contributed by atoms with E-state index in [1.807, 2.05) is 31.1 Å². The Labute approximate surface area is 117 Å². The van der Waals surface area contributed by atoms with Crippen molar-refractivity contribution in [1.29, 1.82) is 0 Å². The van der Waals surface area contributed by atoms with Gasteiger partial charge >= 0.3 is 0 Å². The fraction of sp³-hybridized carbons (Fsp3) is 0.562. The second-order valence-corrected chi connectivity index (χ2v) is 5.80. The molecule has 0 fully saturated rings. The Bertz CT molecular complexity index is 378. The summed E-state index contributed by atoms with van der Waals surface area (Å²) in [6.07, 6.45) is 12.0. The minimum absolute atomic E-state index is 0.0555. The van der Waals surface area contributed by atoms with Gasteiger partial charge in [0.1, 0.15) is 0 Å². The Hall–Kier alpha value is -1.35. The molecule has 0 aromatic rings. The zero-order valence-electron chi connectivity index (χ0n) is 12.5. The highest BCUT2D eigenvalue weighted by atomic mass is 16.1. The Balaban J connectivity index is 2.35. The molecule has 1 atom stereocenters. The van der Waals surface area contributed by atoms with Crippen LogP contribution in [0.2, 0.25) is 0 Å². The molecule has 0 saturated carbocycles. The first-order valence-corrected chi connectivity index (χ1v) is 6.98. The zero-order chi connectivity index (χ0) is 14.3. The Morgan fingerprint density at radius 1 is 1.53 bits per heavy atom. The average Bonchev–Trinajstić information content (AvgIpc) is 2.30. The molecular formula is C16H26N2O. The maximum Gasteiger partial charge on any atom is 0.248 e. The number of rotatable bonds is 6. The summed E-state index contributed by atoms with van der Waals surface area (Å²) in [6, 6.07) is 0. The second kappa shape index (κ2) is 7.95. The molecule has 0 bridgehead atoms. The van der Waals surface area contributed by atoms with Crippen LogP contribution in [0.5, 0.6) is 0 Å². The number of hydrogen-bond acceptors (Lipinski definition) is 2. The number of nitrogens with one attached hydrogen (secondary N) is 1. The minimum Gasteiger partial charge on any atom is -0.323 e. The third kappa shape index (κ3) is 6.97. The number of allylic oxidation sites excluding steroid dienone is 3. The monoisotopic (exact) mass is 262 g/mol. The van der Waals surface area contributed by atoms with Crippen LogP contribution in [0.1, 0.15) is 26.7 Å². The van der Waals surface area contributed by atoms with E-state index in [-0.39, 0.29) is 5.91 Å². The van der Waals surface area contributed by atoms with Crippen LogP contribution in [0.25, 0.3) is 0 Å². The van der Waals surface area contributed by atoms with Gasteiger partial charge in [0.05, 0.1) is 0 Å². The summed E-state index contributed by atoms with van der Waals surface area (Å²) in [6.45, 7) is 5.26. The van der Waals surface area contributed by atoms with Crippen LogP contribution < -0.4 is 5.32 Å². The van der Waals surface area contributed by atoms with Gasteiger partial charge in [-0.25, -0.2) is 0 Å². The average molecular weight is 262 g/mol. The van der Waals surface area contributed by atoms with E-state index in [0.29, 0.717) is 11.8 Å². The van der Waals surface area contributed by atoms with Crippen LogP contribution >= 0.6 is 0 Å². The quantitative estimate of drug-likeness (QED) is 0.747. The zero-order valence-corrected chi connectivity index (χ0v) is 12.5. The van der Waals surface area contributed by atoms with Gasteiger partial charge in [-0.1, -0.05) is 32.1 Å². The van der Waals surface area contributed by atoms with Crippen molar-refractivity contribution < 1.29 is 4.79 Å². The van der Waals surface area contributed by atoms with Gasteiger partial charge in [0.2, 0.25) is 5.91 Å². The lowest BCUT2D eigenvalue weighted by Crippen LogP contribution is -2.21. The number of carbonyl (C=O) groups is 1. The van der Waals surface area contributed by atoms with E-state index in [2.05, 4.69) is 31.3 Å². The number of amides is 1. The van der Waals surface area contributed by atoms with Crippen molar-refractivity contribution in [2.24, 2.45) is 11.8 Å². The largest absolute Gasteiger partial charge is 0.323 e. The molecule has 106 valence electrons. The van der Waals surface area contributed by atoms with Gasteiger partial charge in [-0.05, 0) is 44.8 Å². The summed E-state index contributed by atoms with van der Waals surface area (Å²) < 4.78 is 0. The molecule has 19 heavy (non-hydrogen) atoms. The fourth-order valence-electron chi connectivity index (χ4n) is 2.09. The predicted octanol–water partition coefficient (Wildman–Crippen LogP) is 2.73. The normalized spacial score (nSPS) is 19.3. The predicted molar refractivity (Wildman–Crippen MR) is 80.6 cm³/mol. The molecule has 1 unspecified atom stereocenters. The second-order valence-electron chi connectivity index (χ2n) is 5.80. The molecule has 0 heterocycles. The summed E-state index contributed by atoms with van der Waals surface area (Å²) in [5, 5.41) is 2.90. The van der Waals surface area contributed by atoms with E-state index in [1.165, 1.54) is 6.42 Å². The number of nitrogens with zero attached hydrogens (tertiary/aromatic N) is 1. The van der Waals surface area contributed by atoms with Gasteiger partial charge in [-0.2, -0.15) is 0 Å². The van der Waals surface area contributed by atoms with Gasteiger partial charge in [0, 0.05) is 18.3 Å². The molecule has 1 aliphatic carbocycles. The van der Waals surface area contributed by atoms with Gasteiger partial charge in [-0.15, -0.1) is 0 Å². The van der Waals surface area contributed by atoms with Crippen LogP contribution in [0.3, 0.4) is 0 Å². The van der Waals surface area contributed by atoms with Gasteiger partial charge < -0.3 is 10.2 Å². The minimum atomic E-state index is -0.0555. The molecule has 1 aliphatic rings. The van der Waals surface area contributed by atoms with Crippen molar-refractivity contribution in [3.05, 3.63) is 36.1 Å². The molecule has 1 amide bonds. The fourth-order valence-corrected chi connectivity index (χ4v) is 2.09. The highest BCUT2D eigenvalue weighted by molar-refractivity contribution is 5.89. The van der Waals surface area contributed by atoms with E-state index < -0.39 is 0 Å². The SMILES string of the molecule is CC(C)CC1C=CC(NC(=O)/C=C/CN(C)C)=CC1. The molecular weight excluding hydrogens is 236 g/mol. The van der Waals surface area contributed by atoms with Crippen molar-refractivity contribution in [2.75, 3.05) is 20.6 Å². The summed E-state index contributed by atoms with van der Waals surface area (Å²) in [4.78, 5) is 13.7. The third-order valence-corrected chi connectivity index (χ3v) is 2.97. The van der Waals surface area contributed by atoms with Gasteiger partial charge in [0.25, 0.3) is 0 Å². The Morgan fingerprint density at radius 2 is 2.26 bits per heavy atom. The van der Waals surface area contributed by atoms with E-state index in [4.69, 9.17) is 0 Å². The van der Waals surface area contributed by atoms with Crippen LogP contribution in [0.4, 0.5) is 0 Å². The molecule has 1 N–H and O–H groups in total. The molecule has 0 saturated heterocycles. The molecule has 3 nitrogen and oxygen atoms in total. The van der Waals surface area contributed by atoms with Crippen molar-refractivity contribution in [1.82, 2.24) is 10.2 Å². The molecule has 1 rings (SSSR count). The summed E-state index contributed by atoms with van der Waals surface area (Å²) in [7, 11) is 3.95. The molecule has 0 aromatic carbocycles. The summed E-state index contributed by atoms with van der Waals surface area (Å²) in [5.41, 5.74) is 0.916. The number of hydrogen-bond donors (Lipinski definition) is 1. The Morgan fingerprint density at radius 3 is 2.79 bits per heavy atom. The third-order valence-electron chi connectivity index (χ3n) is 2.97. The molecule has 0 spiro atoms. The standard InChI is InChI=1S/C16H26N2O/c1-13(2)12-14-7-9-15(10-8-14)17-16(19)6-5-11-18(3)4/h5-7,9-10,13-14H,8,11-12H2,1-4H3,(H,17,19)/b6-5+. The maximum absolute atomic E-state index is 11.7. The lowest BCUT2D eigenvalue weighted by atomic mass is 9.91. The smallest absolute Gasteiger partial charge is 0.248 e. The highest BCUT2D eigenvalue weighted by Gasteiger charge is 2.11. The maximum atomic E-state index is 11.7. The van der Waals surface area contributed by atoms with Crippen molar-refractivity contribution in [2.45, 2.75) is 26.7 Å². The van der Waals surface area contributed by atoms with E-state index in [0.717, 1.165) is 18.7 Å². The first-order chi connectivity index (χ1) is 8.97. The van der Waals surface area contributed by atoms with Crippen LogP contribution in [-0.4, -0.2) is 31.4 Å². The lowest BCUT2D eigenvalue weighted by Gasteiger charge is -2.18. The lowest BCUT2D eigenvalue weighted by molar-refractivity contribution is -0.115. The number of carbonyl (C=O) groups excluding carboxylic acids is 1. The molecule has 0 radical (unpaired) electrons.